The van der Waals surface area contributed by atoms with Crippen LogP contribution in [0.3, 0.4) is 0 Å². The van der Waals surface area contributed by atoms with Crippen LogP contribution in [0.1, 0.15) is 6.92 Å². The summed E-state index contributed by atoms with van der Waals surface area (Å²) in [7, 11) is 0. The predicted octanol–water partition coefficient (Wildman–Crippen LogP) is 1.42. The van der Waals surface area contributed by atoms with Gasteiger partial charge in [-0.2, -0.15) is 0 Å². The van der Waals surface area contributed by atoms with Crippen LogP contribution in [0.15, 0.2) is 29.4 Å². The van der Waals surface area contributed by atoms with E-state index in [2.05, 4.69) is 4.98 Å². The lowest BCUT2D eigenvalue weighted by atomic mass is 10.3. The molecule has 0 bridgehead atoms. The smallest absolute Gasteiger partial charge is 0.233 e. The van der Waals surface area contributed by atoms with Gasteiger partial charge in [0.2, 0.25) is 5.91 Å². The summed E-state index contributed by atoms with van der Waals surface area (Å²) in [5, 5.41) is 0.891. The third kappa shape index (κ3) is 3.71. The Hall–Kier alpha value is -1.07. The van der Waals surface area contributed by atoms with Gasteiger partial charge in [0.1, 0.15) is 0 Å². The summed E-state index contributed by atoms with van der Waals surface area (Å²) in [5.74, 6) is 0.611. The van der Waals surface area contributed by atoms with E-state index in [1.165, 1.54) is 11.8 Å². The van der Waals surface area contributed by atoms with Crippen molar-refractivity contribution in [3.8, 4) is 0 Å². The molecule has 1 saturated heterocycles. The molecule has 2 heterocycles. The number of nitrogens with zero attached hydrogens (tertiary/aromatic N) is 2. The molecule has 0 unspecified atom stereocenters. The van der Waals surface area contributed by atoms with Gasteiger partial charge in [0.15, 0.2) is 0 Å². The average Bonchev–Trinajstić information content (AvgIpc) is 2.37. The molecule has 17 heavy (non-hydrogen) atoms. The van der Waals surface area contributed by atoms with Gasteiger partial charge in [-0.1, -0.05) is 17.8 Å². The number of rotatable bonds is 3. The molecule has 1 amide bonds. The number of aromatic nitrogens is 1. The van der Waals surface area contributed by atoms with Crippen LogP contribution >= 0.6 is 11.8 Å². The summed E-state index contributed by atoms with van der Waals surface area (Å²) in [6.45, 7) is 4.03. The Morgan fingerprint density at radius 2 is 2.53 bits per heavy atom. The first kappa shape index (κ1) is 12.4. The highest BCUT2D eigenvalue weighted by atomic mass is 32.2. The van der Waals surface area contributed by atoms with Gasteiger partial charge >= 0.3 is 0 Å². The molecule has 0 radical (unpaired) electrons. The minimum atomic E-state index is 0.146. The van der Waals surface area contributed by atoms with E-state index in [1.807, 2.05) is 30.0 Å². The highest BCUT2D eigenvalue weighted by Gasteiger charge is 2.21. The van der Waals surface area contributed by atoms with Gasteiger partial charge in [-0.05, 0) is 19.1 Å². The van der Waals surface area contributed by atoms with Crippen LogP contribution in [0, 0.1) is 0 Å². The van der Waals surface area contributed by atoms with E-state index in [1.54, 1.807) is 6.20 Å². The Morgan fingerprint density at radius 1 is 1.65 bits per heavy atom. The molecular formula is C12H16N2O2S. The first-order valence-corrected chi connectivity index (χ1v) is 6.67. The van der Waals surface area contributed by atoms with E-state index in [0.29, 0.717) is 25.4 Å². The molecule has 1 aliphatic heterocycles. The summed E-state index contributed by atoms with van der Waals surface area (Å²) in [4.78, 5) is 18.0. The van der Waals surface area contributed by atoms with Crippen LogP contribution in [0.25, 0.3) is 0 Å². The van der Waals surface area contributed by atoms with Gasteiger partial charge in [0, 0.05) is 19.3 Å². The van der Waals surface area contributed by atoms with Gasteiger partial charge in [0.25, 0.3) is 0 Å². The molecule has 5 heteroatoms. The number of ether oxygens (including phenoxy) is 1. The number of carbonyl (C=O) groups is 1. The fourth-order valence-electron chi connectivity index (χ4n) is 1.70. The molecule has 0 N–H and O–H groups in total. The van der Waals surface area contributed by atoms with Crippen molar-refractivity contribution in [2.75, 3.05) is 25.4 Å². The highest BCUT2D eigenvalue weighted by molar-refractivity contribution is 7.99. The molecule has 1 atom stereocenters. The van der Waals surface area contributed by atoms with Crippen molar-refractivity contribution in [1.29, 1.82) is 0 Å². The van der Waals surface area contributed by atoms with E-state index in [4.69, 9.17) is 4.74 Å². The van der Waals surface area contributed by atoms with E-state index < -0.39 is 0 Å². The van der Waals surface area contributed by atoms with Crippen molar-refractivity contribution in [3.05, 3.63) is 24.4 Å². The Kier molecular flexibility index (Phi) is 4.39. The minimum Gasteiger partial charge on any atom is -0.375 e. The summed E-state index contributed by atoms with van der Waals surface area (Å²) in [5.41, 5.74) is 0. The maximum Gasteiger partial charge on any atom is 0.233 e. The number of carbonyl (C=O) groups excluding carboxylic acids is 1. The second kappa shape index (κ2) is 6.02. The quantitative estimate of drug-likeness (QED) is 0.763. The first-order valence-electron chi connectivity index (χ1n) is 5.69. The SMILES string of the molecule is C[C@H]1CN(C(=O)CSc2ccccn2)CCO1. The zero-order valence-corrected chi connectivity index (χ0v) is 10.7. The van der Waals surface area contributed by atoms with Crippen LogP contribution in [0.5, 0.6) is 0 Å². The lowest BCUT2D eigenvalue weighted by molar-refractivity contribution is -0.135. The molecule has 92 valence electrons. The Balaban J connectivity index is 1.81. The number of thioether (sulfide) groups is 1. The van der Waals surface area contributed by atoms with Gasteiger partial charge in [-0.25, -0.2) is 4.98 Å². The fourth-order valence-corrected chi connectivity index (χ4v) is 2.47. The van der Waals surface area contributed by atoms with Crippen LogP contribution in [-0.2, 0) is 9.53 Å². The third-order valence-electron chi connectivity index (χ3n) is 2.58. The molecule has 1 aromatic heterocycles. The molecule has 0 aliphatic carbocycles. The van der Waals surface area contributed by atoms with Crippen molar-refractivity contribution >= 4 is 17.7 Å². The average molecular weight is 252 g/mol. The van der Waals surface area contributed by atoms with Crippen molar-refractivity contribution in [2.45, 2.75) is 18.1 Å². The van der Waals surface area contributed by atoms with Crippen molar-refractivity contribution in [2.24, 2.45) is 0 Å². The number of amides is 1. The lowest BCUT2D eigenvalue weighted by Crippen LogP contribution is -2.45. The van der Waals surface area contributed by atoms with E-state index >= 15 is 0 Å². The topological polar surface area (TPSA) is 42.4 Å². The molecule has 4 nitrogen and oxygen atoms in total. The van der Waals surface area contributed by atoms with Gasteiger partial charge in [0.05, 0.1) is 23.5 Å². The fraction of sp³-hybridized carbons (Fsp3) is 0.500. The standard InChI is InChI=1S/C12H16N2O2S/c1-10-8-14(6-7-16-10)12(15)9-17-11-4-2-3-5-13-11/h2-5,10H,6-9H2,1H3/t10-/m0/s1. The third-order valence-corrected chi connectivity index (χ3v) is 3.50. The zero-order valence-electron chi connectivity index (χ0n) is 9.83. The number of hydrogen-bond acceptors (Lipinski definition) is 4. The number of hydrogen-bond donors (Lipinski definition) is 0. The molecule has 1 aliphatic rings. The molecule has 1 aromatic rings. The zero-order chi connectivity index (χ0) is 12.1. The normalized spacial score (nSPS) is 20.3. The largest absolute Gasteiger partial charge is 0.375 e. The molecular weight excluding hydrogens is 236 g/mol. The predicted molar refractivity (Wildman–Crippen MR) is 67.0 cm³/mol. The molecule has 0 aromatic carbocycles. The maximum atomic E-state index is 11.9. The summed E-state index contributed by atoms with van der Waals surface area (Å²) >= 11 is 1.48. The molecule has 2 rings (SSSR count). The lowest BCUT2D eigenvalue weighted by Gasteiger charge is -2.31. The molecule has 1 fully saturated rings. The van der Waals surface area contributed by atoms with Crippen LogP contribution in [-0.4, -0.2) is 47.3 Å². The Labute approximate surface area is 105 Å². The number of morpholine rings is 1. The summed E-state index contributed by atoms with van der Waals surface area (Å²) in [6.07, 6.45) is 1.89. The van der Waals surface area contributed by atoms with Crippen molar-refractivity contribution in [3.63, 3.8) is 0 Å². The van der Waals surface area contributed by atoms with Gasteiger partial charge in [-0.15, -0.1) is 0 Å². The van der Waals surface area contributed by atoms with E-state index in [9.17, 15) is 4.79 Å². The molecule has 0 spiro atoms. The Bertz CT molecular complexity index is 372. The monoisotopic (exact) mass is 252 g/mol. The number of pyridine rings is 1. The minimum absolute atomic E-state index is 0.146. The van der Waals surface area contributed by atoms with Crippen molar-refractivity contribution < 1.29 is 9.53 Å². The van der Waals surface area contributed by atoms with E-state index in [-0.39, 0.29) is 12.0 Å². The first-order chi connectivity index (χ1) is 8.25. The second-order valence-electron chi connectivity index (χ2n) is 3.98. The van der Waals surface area contributed by atoms with Crippen LogP contribution in [0.2, 0.25) is 0 Å². The van der Waals surface area contributed by atoms with Crippen molar-refractivity contribution in [1.82, 2.24) is 9.88 Å². The summed E-state index contributed by atoms with van der Waals surface area (Å²) < 4.78 is 5.41. The van der Waals surface area contributed by atoms with Crippen LogP contribution < -0.4 is 0 Å². The second-order valence-corrected chi connectivity index (χ2v) is 4.97. The maximum absolute atomic E-state index is 11.9. The Morgan fingerprint density at radius 3 is 3.24 bits per heavy atom. The summed E-state index contributed by atoms with van der Waals surface area (Å²) in [6, 6.07) is 5.71. The highest BCUT2D eigenvalue weighted by Crippen LogP contribution is 2.15. The van der Waals surface area contributed by atoms with Gasteiger partial charge < -0.3 is 9.64 Å². The van der Waals surface area contributed by atoms with Crippen LogP contribution in [0.4, 0.5) is 0 Å². The molecule has 0 saturated carbocycles. The van der Waals surface area contributed by atoms with Gasteiger partial charge in [-0.3, -0.25) is 4.79 Å². The van der Waals surface area contributed by atoms with E-state index in [0.717, 1.165) is 5.03 Å².